The summed E-state index contributed by atoms with van der Waals surface area (Å²) < 4.78 is 11.4. The van der Waals surface area contributed by atoms with Crippen LogP contribution < -0.4 is 9.47 Å². The second-order valence-electron chi connectivity index (χ2n) is 5.71. The highest BCUT2D eigenvalue weighted by Crippen LogP contribution is 2.35. The third-order valence-corrected chi connectivity index (χ3v) is 2.89. The maximum atomic E-state index is 5.87. The molecule has 0 radical (unpaired) electrons. The molecule has 1 aromatic carbocycles. The van der Waals surface area contributed by atoms with Crippen LogP contribution in [0.5, 0.6) is 11.5 Å². The first-order valence-electron chi connectivity index (χ1n) is 6.70. The number of methoxy groups -OCH3 is 1. The van der Waals surface area contributed by atoms with E-state index in [0.29, 0.717) is 0 Å². The summed E-state index contributed by atoms with van der Waals surface area (Å²) in [5, 5.41) is 0. The summed E-state index contributed by atoms with van der Waals surface area (Å²) in [6.07, 6.45) is 1.79. The number of hydrogen-bond donors (Lipinski definition) is 0. The molecule has 0 spiro atoms. The molecule has 0 fully saturated rings. The van der Waals surface area contributed by atoms with Crippen LogP contribution in [0, 0.1) is 6.92 Å². The Bertz CT molecular complexity index is 600. The molecule has 2 rings (SSSR count). The summed E-state index contributed by atoms with van der Waals surface area (Å²) in [5.41, 5.74) is 2.86. The zero-order valence-electron chi connectivity index (χ0n) is 12.7. The first-order chi connectivity index (χ1) is 9.40. The predicted molar refractivity (Wildman–Crippen MR) is 81.3 cm³/mol. The lowest BCUT2D eigenvalue weighted by Crippen LogP contribution is -2.22. The van der Waals surface area contributed by atoms with Crippen LogP contribution >= 0.6 is 0 Å². The molecule has 20 heavy (non-hydrogen) atoms. The summed E-state index contributed by atoms with van der Waals surface area (Å²) in [6.45, 7) is 8.07. The van der Waals surface area contributed by atoms with Gasteiger partial charge in [-0.05, 0) is 45.9 Å². The molecule has 1 aromatic heterocycles. The second kappa shape index (κ2) is 5.53. The minimum atomic E-state index is -0.225. The van der Waals surface area contributed by atoms with Crippen molar-refractivity contribution in [1.29, 1.82) is 0 Å². The van der Waals surface area contributed by atoms with Gasteiger partial charge in [-0.3, -0.25) is 4.98 Å². The Morgan fingerprint density at radius 2 is 1.80 bits per heavy atom. The minimum absolute atomic E-state index is 0.225. The monoisotopic (exact) mass is 271 g/mol. The Morgan fingerprint density at radius 3 is 2.40 bits per heavy atom. The minimum Gasteiger partial charge on any atom is -0.496 e. The third kappa shape index (κ3) is 3.29. The molecule has 2 aromatic rings. The average molecular weight is 271 g/mol. The van der Waals surface area contributed by atoms with Crippen molar-refractivity contribution in [3.8, 4) is 22.6 Å². The topological polar surface area (TPSA) is 31.4 Å². The van der Waals surface area contributed by atoms with Crippen molar-refractivity contribution >= 4 is 0 Å². The molecule has 0 aliphatic heterocycles. The lowest BCUT2D eigenvalue weighted by atomic mass is 10.0. The first-order valence-corrected chi connectivity index (χ1v) is 6.70. The fourth-order valence-electron chi connectivity index (χ4n) is 2.08. The van der Waals surface area contributed by atoms with Crippen LogP contribution in [-0.4, -0.2) is 17.7 Å². The fourth-order valence-corrected chi connectivity index (χ4v) is 2.08. The van der Waals surface area contributed by atoms with E-state index in [1.807, 2.05) is 58.0 Å². The molecule has 0 N–H and O–H groups in total. The van der Waals surface area contributed by atoms with Crippen molar-refractivity contribution in [3.05, 3.63) is 42.2 Å². The fraction of sp³-hybridized carbons (Fsp3) is 0.353. The molecule has 3 heteroatoms. The number of ether oxygens (including phenoxy) is 2. The molecule has 1 heterocycles. The van der Waals surface area contributed by atoms with E-state index in [2.05, 4.69) is 4.98 Å². The van der Waals surface area contributed by atoms with Gasteiger partial charge < -0.3 is 9.47 Å². The van der Waals surface area contributed by atoms with E-state index in [4.69, 9.17) is 9.47 Å². The Morgan fingerprint density at radius 1 is 1.05 bits per heavy atom. The normalized spacial score (nSPS) is 11.2. The molecule has 106 valence electrons. The summed E-state index contributed by atoms with van der Waals surface area (Å²) in [5.74, 6) is 1.60. The zero-order chi connectivity index (χ0) is 14.8. The van der Waals surface area contributed by atoms with E-state index < -0.39 is 0 Å². The molecule has 0 unspecified atom stereocenters. The summed E-state index contributed by atoms with van der Waals surface area (Å²) in [6, 6.07) is 9.89. The first kappa shape index (κ1) is 14.4. The summed E-state index contributed by atoms with van der Waals surface area (Å²) >= 11 is 0. The van der Waals surface area contributed by atoms with Gasteiger partial charge in [-0.2, -0.15) is 0 Å². The molecule has 0 bridgehead atoms. The second-order valence-corrected chi connectivity index (χ2v) is 5.71. The lowest BCUT2D eigenvalue weighted by molar-refractivity contribution is 0.130. The van der Waals surface area contributed by atoms with E-state index in [1.165, 1.54) is 0 Å². The Balaban J connectivity index is 2.44. The number of rotatable bonds is 3. The number of aromatic nitrogens is 1. The smallest absolute Gasteiger partial charge is 0.130 e. The molecule has 0 saturated carbocycles. The molecular weight excluding hydrogens is 250 g/mol. The zero-order valence-corrected chi connectivity index (χ0v) is 12.7. The van der Waals surface area contributed by atoms with Gasteiger partial charge in [0.1, 0.15) is 17.1 Å². The van der Waals surface area contributed by atoms with Crippen LogP contribution in [0.4, 0.5) is 0 Å². The summed E-state index contributed by atoms with van der Waals surface area (Å²) in [4.78, 5) is 4.33. The predicted octanol–water partition coefficient (Wildman–Crippen LogP) is 4.24. The summed E-state index contributed by atoms with van der Waals surface area (Å²) in [7, 11) is 1.67. The quantitative estimate of drug-likeness (QED) is 0.836. The van der Waals surface area contributed by atoms with Crippen molar-refractivity contribution in [2.24, 2.45) is 0 Å². The van der Waals surface area contributed by atoms with Gasteiger partial charge >= 0.3 is 0 Å². The number of hydrogen-bond acceptors (Lipinski definition) is 3. The van der Waals surface area contributed by atoms with Crippen LogP contribution in [-0.2, 0) is 0 Å². The van der Waals surface area contributed by atoms with E-state index in [1.54, 1.807) is 13.3 Å². The standard InChI is InChI=1S/C17H21NO2/c1-12-14(7-6-10-18-12)15-9-8-13(11-16(15)19-5)20-17(2,3)4/h6-11H,1-5H3. The van der Waals surface area contributed by atoms with Crippen molar-refractivity contribution in [2.45, 2.75) is 33.3 Å². The van der Waals surface area contributed by atoms with Crippen LogP contribution in [0.25, 0.3) is 11.1 Å². The SMILES string of the molecule is COc1cc(OC(C)(C)C)ccc1-c1cccnc1C. The number of benzene rings is 1. The molecule has 0 aliphatic carbocycles. The maximum absolute atomic E-state index is 5.87. The van der Waals surface area contributed by atoms with E-state index >= 15 is 0 Å². The maximum Gasteiger partial charge on any atom is 0.130 e. The highest BCUT2D eigenvalue weighted by Gasteiger charge is 2.15. The van der Waals surface area contributed by atoms with Crippen LogP contribution in [0.1, 0.15) is 26.5 Å². The molecule has 3 nitrogen and oxygen atoms in total. The Kier molecular flexibility index (Phi) is 3.98. The molecule has 0 aliphatic rings. The van der Waals surface area contributed by atoms with Gasteiger partial charge in [-0.1, -0.05) is 6.07 Å². The molecule has 0 atom stereocenters. The third-order valence-electron chi connectivity index (χ3n) is 2.89. The van der Waals surface area contributed by atoms with Gasteiger partial charge in [-0.25, -0.2) is 0 Å². The molecule has 0 saturated heterocycles. The lowest BCUT2D eigenvalue weighted by Gasteiger charge is -2.22. The van der Waals surface area contributed by atoms with Gasteiger partial charge in [0, 0.05) is 29.1 Å². The highest BCUT2D eigenvalue weighted by molar-refractivity contribution is 5.73. The largest absolute Gasteiger partial charge is 0.496 e. The van der Waals surface area contributed by atoms with Crippen molar-refractivity contribution in [1.82, 2.24) is 4.98 Å². The molecular formula is C17H21NO2. The number of pyridine rings is 1. The van der Waals surface area contributed by atoms with Crippen molar-refractivity contribution in [2.75, 3.05) is 7.11 Å². The van der Waals surface area contributed by atoms with Crippen molar-refractivity contribution in [3.63, 3.8) is 0 Å². The van der Waals surface area contributed by atoms with Crippen LogP contribution in [0.2, 0.25) is 0 Å². The van der Waals surface area contributed by atoms with Crippen LogP contribution in [0.15, 0.2) is 36.5 Å². The highest BCUT2D eigenvalue weighted by atomic mass is 16.5. The van der Waals surface area contributed by atoms with Gasteiger partial charge in [-0.15, -0.1) is 0 Å². The van der Waals surface area contributed by atoms with Crippen LogP contribution in [0.3, 0.4) is 0 Å². The number of nitrogens with zero attached hydrogens (tertiary/aromatic N) is 1. The van der Waals surface area contributed by atoms with Crippen molar-refractivity contribution < 1.29 is 9.47 Å². The van der Waals surface area contributed by atoms with Gasteiger partial charge in [0.15, 0.2) is 0 Å². The van der Waals surface area contributed by atoms with E-state index in [-0.39, 0.29) is 5.60 Å². The Hall–Kier alpha value is -2.03. The van der Waals surface area contributed by atoms with Gasteiger partial charge in [0.2, 0.25) is 0 Å². The number of aryl methyl sites for hydroxylation is 1. The Labute approximate surface area is 120 Å². The molecule has 0 amide bonds. The van der Waals surface area contributed by atoms with E-state index in [0.717, 1.165) is 28.3 Å². The average Bonchev–Trinajstić information content (AvgIpc) is 2.38. The van der Waals surface area contributed by atoms with E-state index in [9.17, 15) is 0 Å². The van der Waals surface area contributed by atoms with Gasteiger partial charge in [0.25, 0.3) is 0 Å². The van der Waals surface area contributed by atoms with Gasteiger partial charge in [0.05, 0.1) is 7.11 Å².